The summed E-state index contributed by atoms with van der Waals surface area (Å²) in [5.74, 6) is 0.769. The van der Waals surface area contributed by atoms with E-state index in [2.05, 4.69) is 32.2 Å². The molecule has 0 atom stereocenters. The van der Waals surface area contributed by atoms with Crippen LogP contribution in [0, 0.1) is 27.7 Å². The highest BCUT2D eigenvalue weighted by Gasteiger charge is 2.10. The maximum atomic E-state index is 12.4. The summed E-state index contributed by atoms with van der Waals surface area (Å²) in [5, 5.41) is 4.93. The predicted octanol–water partition coefficient (Wildman–Crippen LogP) is 5.81. The lowest BCUT2D eigenvalue weighted by molar-refractivity contribution is 0.103. The van der Waals surface area contributed by atoms with Crippen LogP contribution in [0.25, 0.3) is 0 Å². The smallest absolute Gasteiger partial charge is 0.265 e. The van der Waals surface area contributed by atoms with Gasteiger partial charge in [-0.15, -0.1) is 11.3 Å². The number of thiophene rings is 1. The normalized spacial score (nSPS) is 10.6. The lowest BCUT2D eigenvalue weighted by Crippen LogP contribution is -2.10. The molecule has 0 aliphatic carbocycles. The van der Waals surface area contributed by atoms with Crippen LogP contribution >= 0.6 is 11.3 Å². The summed E-state index contributed by atoms with van der Waals surface area (Å²) >= 11 is 1.43. The number of hydrogen-bond acceptors (Lipinski definition) is 3. The van der Waals surface area contributed by atoms with Gasteiger partial charge < -0.3 is 10.1 Å². The van der Waals surface area contributed by atoms with E-state index in [1.807, 2.05) is 48.7 Å². The number of carbonyl (C=O) groups is 1. The van der Waals surface area contributed by atoms with Crippen LogP contribution in [0.3, 0.4) is 0 Å². The van der Waals surface area contributed by atoms with Crippen molar-refractivity contribution in [1.82, 2.24) is 0 Å². The minimum atomic E-state index is -0.0871. The molecule has 3 nitrogen and oxygen atoms in total. The van der Waals surface area contributed by atoms with E-state index < -0.39 is 0 Å². The van der Waals surface area contributed by atoms with Crippen molar-refractivity contribution >= 4 is 22.9 Å². The number of carbonyl (C=O) groups excluding carboxylic acids is 1. The van der Waals surface area contributed by atoms with Gasteiger partial charge in [-0.1, -0.05) is 12.1 Å². The number of ether oxygens (including phenoxy) is 1. The van der Waals surface area contributed by atoms with Gasteiger partial charge in [-0.05, 0) is 85.7 Å². The zero-order chi connectivity index (χ0) is 18.7. The maximum Gasteiger partial charge on any atom is 0.265 e. The maximum absolute atomic E-state index is 12.4. The summed E-state index contributed by atoms with van der Waals surface area (Å²) in [7, 11) is 0. The molecule has 0 aliphatic rings. The van der Waals surface area contributed by atoms with Gasteiger partial charge in [0.05, 0.1) is 4.88 Å². The van der Waals surface area contributed by atoms with E-state index in [0.29, 0.717) is 11.5 Å². The molecule has 1 N–H and O–H groups in total. The fraction of sp³-hybridized carbons (Fsp3) is 0.227. The third kappa shape index (κ3) is 4.52. The van der Waals surface area contributed by atoms with Crippen LogP contribution in [0.4, 0.5) is 5.69 Å². The third-order valence-corrected chi connectivity index (χ3v) is 5.22. The summed E-state index contributed by atoms with van der Waals surface area (Å²) in [6, 6.07) is 14.0. The van der Waals surface area contributed by atoms with Gasteiger partial charge in [-0.2, -0.15) is 0 Å². The van der Waals surface area contributed by atoms with Gasteiger partial charge in [0.1, 0.15) is 12.4 Å². The molecular formula is C22H23NO2S. The Labute approximate surface area is 158 Å². The second-order valence-electron chi connectivity index (χ2n) is 6.68. The predicted molar refractivity (Wildman–Crippen MR) is 108 cm³/mol. The first-order chi connectivity index (χ1) is 12.4. The van der Waals surface area contributed by atoms with Crippen molar-refractivity contribution in [3.63, 3.8) is 0 Å². The minimum Gasteiger partial charge on any atom is -0.489 e. The molecule has 134 valence electrons. The average Bonchev–Trinajstić information content (AvgIpc) is 3.05. The molecule has 1 heterocycles. The van der Waals surface area contributed by atoms with Crippen molar-refractivity contribution < 1.29 is 9.53 Å². The van der Waals surface area contributed by atoms with Crippen LogP contribution in [0.1, 0.15) is 37.5 Å². The number of benzene rings is 2. The molecule has 0 radical (unpaired) electrons. The average molecular weight is 365 g/mol. The third-order valence-electron chi connectivity index (χ3n) is 4.24. The Bertz CT molecular complexity index is 923. The fourth-order valence-electron chi connectivity index (χ4n) is 2.77. The first kappa shape index (κ1) is 18.2. The molecule has 1 amide bonds. The molecule has 4 heteroatoms. The van der Waals surface area contributed by atoms with Crippen molar-refractivity contribution in [3.8, 4) is 5.75 Å². The van der Waals surface area contributed by atoms with Gasteiger partial charge in [0.2, 0.25) is 0 Å². The van der Waals surface area contributed by atoms with Crippen LogP contribution in [0.2, 0.25) is 0 Å². The molecule has 0 spiro atoms. The van der Waals surface area contributed by atoms with E-state index in [1.54, 1.807) is 0 Å². The Morgan fingerprint density at radius 1 is 0.962 bits per heavy atom. The minimum absolute atomic E-state index is 0.0871. The lowest BCUT2D eigenvalue weighted by atomic mass is 10.1. The molecule has 2 aromatic carbocycles. The van der Waals surface area contributed by atoms with Gasteiger partial charge in [-0.3, -0.25) is 4.79 Å². The zero-order valence-electron chi connectivity index (χ0n) is 15.6. The molecule has 0 bridgehead atoms. The van der Waals surface area contributed by atoms with Crippen molar-refractivity contribution in [3.05, 3.63) is 80.5 Å². The van der Waals surface area contributed by atoms with Gasteiger partial charge >= 0.3 is 0 Å². The lowest BCUT2D eigenvalue weighted by Gasteiger charge is -2.07. The summed E-state index contributed by atoms with van der Waals surface area (Å²) < 4.78 is 5.87. The second kappa shape index (κ2) is 7.75. The number of hydrogen-bond donors (Lipinski definition) is 1. The molecule has 0 fully saturated rings. The number of amides is 1. The largest absolute Gasteiger partial charge is 0.489 e. The Kier molecular flexibility index (Phi) is 5.43. The van der Waals surface area contributed by atoms with Crippen LogP contribution in [-0.2, 0) is 6.61 Å². The van der Waals surface area contributed by atoms with E-state index in [1.165, 1.54) is 28.0 Å². The van der Waals surface area contributed by atoms with Crippen LogP contribution in [0.15, 0.2) is 47.8 Å². The number of aryl methyl sites for hydroxylation is 4. The highest BCUT2D eigenvalue weighted by Crippen LogP contribution is 2.22. The first-order valence-electron chi connectivity index (χ1n) is 8.58. The van der Waals surface area contributed by atoms with Crippen LogP contribution in [-0.4, -0.2) is 5.91 Å². The van der Waals surface area contributed by atoms with Crippen molar-refractivity contribution in [2.75, 3.05) is 5.32 Å². The summed E-state index contributed by atoms with van der Waals surface area (Å²) in [6.07, 6.45) is 0. The zero-order valence-corrected chi connectivity index (χ0v) is 16.4. The molecule has 1 aromatic heterocycles. The van der Waals surface area contributed by atoms with E-state index in [-0.39, 0.29) is 5.91 Å². The van der Waals surface area contributed by atoms with Crippen molar-refractivity contribution in [2.24, 2.45) is 0 Å². The summed E-state index contributed by atoms with van der Waals surface area (Å²) in [5.41, 5.74) is 6.55. The number of rotatable bonds is 5. The fourth-order valence-corrected chi connectivity index (χ4v) is 3.56. The second-order valence-corrected chi connectivity index (χ2v) is 7.60. The molecule has 3 rings (SSSR count). The Morgan fingerprint density at radius 2 is 1.69 bits per heavy atom. The Morgan fingerprint density at radius 3 is 2.38 bits per heavy atom. The molecule has 0 aliphatic heterocycles. The van der Waals surface area contributed by atoms with Crippen molar-refractivity contribution in [2.45, 2.75) is 34.3 Å². The van der Waals surface area contributed by atoms with E-state index in [0.717, 1.165) is 22.6 Å². The van der Waals surface area contributed by atoms with Gasteiger partial charge in [0.25, 0.3) is 5.91 Å². The molecule has 3 aromatic rings. The van der Waals surface area contributed by atoms with E-state index in [9.17, 15) is 4.79 Å². The summed E-state index contributed by atoms with van der Waals surface area (Å²) in [6.45, 7) is 8.66. The first-order valence-corrected chi connectivity index (χ1v) is 9.46. The summed E-state index contributed by atoms with van der Waals surface area (Å²) in [4.78, 5) is 13.1. The molecule has 0 saturated heterocycles. The standard InChI is InChI=1S/C22H23NO2S/c1-14-7-15(2)9-20(8-14)25-12-18-11-21(26-13-18)22(24)23-19-6-5-16(3)17(4)10-19/h5-11,13H,12H2,1-4H3,(H,23,24). The molecular weight excluding hydrogens is 342 g/mol. The molecule has 26 heavy (non-hydrogen) atoms. The van der Waals surface area contributed by atoms with Gasteiger partial charge in [0, 0.05) is 11.3 Å². The number of nitrogens with one attached hydrogen (secondary N) is 1. The van der Waals surface area contributed by atoms with Crippen molar-refractivity contribution in [1.29, 1.82) is 0 Å². The highest BCUT2D eigenvalue weighted by atomic mass is 32.1. The van der Waals surface area contributed by atoms with Gasteiger partial charge in [-0.25, -0.2) is 0 Å². The molecule has 0 saturated carbocycles. The SMILES string of the molecule is Cc1cc(C)cc(OCc2csc(C(=O)Nc3ccc(C)c(C)c3)c2)c1. The number of anilines is 1. The highest BCUT2D eigenvalue weighted by molar-refractivity contribution is 7.12. The monoisotopic (exact) mass is 365 g/mol. The molecule has 0 unspecified atom stereocenters. The Hall–Kier alpha value is -2.59. The quantitative estimate of drug-likeness (QED) is 0.619. The topological polar surface area (TPSA) is 38.3 Å². The van der Waals surface area contributed by atoms with E-state index in [4.69, 9.17) is 4.74 Å². The van der Waals surface area contributed by atoms with Gasteiger partial charge in [0.15, 0.2) is 0 Å². The van der Waals surface area contributed by atoms with E-state index >= 15 is 0 Å². The van der Waals surface area contributed by atoms with Crippen LogP contribution < -0.4 is 10.1 Å². The van der Waals surface area contributed by atoms with Crippen LogP contribution in [0.5, 0.6) is 5.75 Å². The Balaban J connectivity index is 1.63.